The van der Waals surface area contributed by atoms with E-state index in [1.807, 2.05) is 24.3 Å². The van der Waals surface area contributed by atoms with Crippen LogP contribution in [0.15, 0.2) is 82.4 Å². The third kappa shape index (κ3) is 2.12. The summed E-state index contributed by atoms with van der Waals surface area (Å²) in [5.41, 5.74) is -0.702. The highest BCUT2D eigenvalue weighted by molar-refractivity contribution is 6.05. The van der Waals surface area contributed by atoms with Gasteiger partial charge in [0, 0.05) is 10.8 Å². The predicted molar refractivity (Wildman–Crippen MR) is 93.3 cm³/mol. The van der Waals surface area contributed by atoms with Crippen molar-refractivity contribution in [1.82, 2.24) is 4.57 Å². The normalized spacial score (nSPS) is 11.0. The molecule has 0 fully saturated rings. The van der Waals surface area contributed by atoms with Gasteiger partial charge in [-0.25, -0.2) is 8.96 Å². The van der Waals surface area contributed by atoms with Crippen LogP contribution in [0.25, 0.3) is 27.2 Å². The molecule has 0 spiro atoms. The molecular weight excluding hydrogens is 305 g/mol. The summed E-state index contributed by atoms with van der Waals surface area (Å²) in [5.74, 6) is -0.501. The van der Waals surface area contributed by atoms with E-state index in [0.717, 1.165) is 4.57 Å². The van der Waals surface area contributed by atoms with E-state index < -0.39 is 16.9 Å². The van der Waals surface area contributed by atoms with Crippen molar-refractivity contribution in [3.8, 4) is 5.69 Å². The smallest absolute Gasteiger partial charge is 0.265 e. The Balaban J connectivity index is 2.35. The topological polar surface area (TPSA) is 39.1 Å². The molecule has 24 heavy (non-hydrogen) atoms. The number of rotatable bonds is 1. The third-order valence-corrected chi connectivity index (χ3v) is 4.08. The van der Waals surface area contributed by atoms with Gasteiger partial charge >= 0.3 is 0 Å². The van der Waals surface area contributed by atoms with E-state index >= 15 is 0 Å². The van der Waals surface area contributed by atoms with Crippen molar-refractivity contribution in [3.63, 3.8) is 0 Å². The summed E-state index contributed by atoms with van der Waals surface area (Å²) in [7, 11) is 0. The Morgan fingerprint density at radius 2 is 1.12 bits per heavy atom. The highest BCUT2D eigenvalue weighted by Gasteiger charge is 2.12. The maximum absolute atomic E-state index is 13.6. The average Bonchev–Trinajstić information content (AvgIpc) is 2.70. The second-order valence-electron chi connectivity index (χ2n) is 5.52. The van der Waals surface area contributed by atoms with Crippen LogP contribution in [0.5, 0.6) is 0 Å². The fraction of sp³-hybridized carbons (Fsp3) is 0. The minimum absolute atomic E-state index is 0.219. The van der Waals surface area contributed by atoms with Crippen LogP contribution in [-0.4, -0.2) is 4.57 Å². The molecule has 0 radical (unpaired) electrons. The predicted octanol–water partition coefficient (Wildman–Crippen LogP) is 3.64. The number of nitrogens with zero attached hydrogens (tertiary/aromatic N) is 1. The van der Waals surface area contributed by atoms with Crippen LogP contribution in [0.2, 0.25) is 0 Å². The van der Waals surface area contributed by atoms with Crippen LogP contribution in [0.1, 0.15) is 0 Å². The molecule has 0 aliphatic rings. The first-order valence-electron chi connectivity index (χ1n) is 7.49. The van der Waals surface area contributed by atoms with Crippen molar-refractivity contribution in [3.05, 3.63) is 99.3 Å². The van der Waals surface area contributed by atoms with E-state index in [2.05, 4.69) is 0 Å². The molecule has 0 atom stereocenters. The molecule has 4 aromatic rings. The lowest BCUT2D eigenvalue weighted by molar-refractivity contribution is 0.626. The quantitative estimate of drug-likeness (QED) is 0.537. The van der Waals surface area contributed by atoms with Gasteiger partial charge in [-0.1, -0.05) is 42.5 Å². The molecule has 0 bridgehead atoms. The highest BCUT2D eigenvalue weighted by Crippen LogP contribution is 2.20. The number of fused-ring (bicyclic) bond motifs is 3. The summed E-state index contributed by atoms with van der Waals surface area (Å²) < 4.78 is 14.7. The van der Waals surface area contributed by atoms with Crippen LogP contribution in [0, 0.1) is 5.82 Å². The van der Waals surface area contributed by atoms with Crippen molar-refractivity contribution in [2.45, 2.75) is 0 Å². The Morgan fingerprint density at radius 1 is 0.625 bits per heavy atom. The lowest BCUT2D eigenvalue weighted by Gasteiger charge is -2.02. The molecule has 3 aromatic carbocycles. The fourth-order valence-corrected chi connectivity index (χ4v) is 2.99. The first-order chi connectivity index (χ1) is 11.7. The lowest BCUT2D eigenvalue weighted by Crippen LogP contribution is -2.28. The first kappa shape index (κ1) is 14.3. The Morgan fingerprint density at radius 3 is 1.62 bits per heavy atom. The van der Waals surface area contributed by atoms with Crippen molar-refractivity contribution >= 4 is 21.5 Å². The number of aromatic nitrogens is 1. The van der Waals surface area contributed by atoms with E-state index in [0.29, 0.717) is 21.5 Å². The molecular formula is C20H12FNO2. The second-order valence-corrected chi connectivity index (χ2v) is 5.52. The van der Waals surface area contributed by atoms with E-state index in [1.54, 1.807) is 30.3 Å². The Kier molecular flexibility index (Phi) is 3.24. The summed E-state index contributed by atoms with van der Waals surface area (Å²) in [6.45, 7) is 0. The van der Waals surface area contributed by atoms with E-state index in [-0.39, 0.29) is 5.69 Å². The van der Waals surface area contributed by atoms with Crippen molar-refractivity contribution in [2.24, 2.45) is 0 Å². The third-order valence-electron chi connectivity index (χ3n) is 4.08. The van der Waals surface area contributed by atoms with Crippen LogP contribution in [0.3, 0.4) is 0 Å². The largest absolute Gasteiger partial charge is 0.268 e. The molecule has 0 saturated carbocycles. The summed E-state index contributed by atoms with van der Waals surface area (Å²) in [6, 6.07) is 19.6. The Hall–Kier alpha value is -3.27. The summed E-state index contributed by atoms with van der Waals surface area (Å²) in [5, 5.41) is 2.23. The second kappa shape index (κ2) is 5.42. The van der Waals surface area contributed by atoms with Crippen molar-refractivity contribution in [2.75, 3.05) is 0 Å². The molecule has 1 heterocycles. The van der Waals surface area contributed by atoms with Crippen molar-refractivity contribution < 1.29 is 4.39 Å². The van der Waals surface area contributed by atoms with Gasteiger partial charge in [0.1, 0.15) is 5.82 Å². The molecule has 3 nitrogen and oxygen atoms in total. The molecule has 0 aliphatic heterocycles. The van der Waals surface area contributed by atoms with Crippen molar-refractivity contribution in [1.29, 1.82) is 0 Å². The fourth-order valence-electron chi connectivity index (χ4n) is 2.99. The summed E-state index contributed by atoms with van der Waals surface area (Å²) in [6.07, 6.45) is 0. The van der Waals surface area contributed by atoms with E-state index in [4.69, 9.17) is 0 Å². The number of halogens is 1. The first-order valence-corrected chi connectivity index (χ1v) is 7.49. The van der Waals surface area contributed by atoms with Gasteiger partial charge in [0.25, 0.3) is 11.1 Å². The zero-order chi connectivity index (χ0) is 16.7. The zero-order valence-electron chi connectivity index (χ0n) is 12.6. The standard InChI is InChI=1S/C20H12FNO2/c21-13-6-5-7-14(12-13)22-19(23)17-10-3-1-8-15(17)16-9-2-4-11-18(16)20(22)24/h1-12H. The zero-order valence-corrected chi connectivity index (χ0v) is 12.6. The SMILES string of the molecule is O=c1c2ccccc2c2ccccc2c(=O)n1-c1cccc(F)c1. The molecule has 0 amide bonds. The van der Waals surface area contributed by atoms with Crippen LogP contribution >= 0.6 is 0 Å². The van der Waals surface area contributed by atoms with Gasteiger partial charge in [-0.05, 0) is 41.1 Å². The summed E-state index contributed by atoms with van der Waals surface area (Å²) >= 11 is 0. The van der Waals surface area contributed by atoms with Crippen LogP contribution in [0.4, 0.5) is 4.39 Å². The maximum atomic E-state index is 13.6. The molecule has 0 N–H and O–H groups in total. The average molecular weight is 317 g/mol. The maximum Gasteiger partial charge on any atom is 0.265 e. The molecule has 4 heteroatoms. The minimum Gasteiger partial charge on any atom is -0.268 e. The van der Waals surface area contributed by atoms with Gasteiger partial charge in [-0.15, -0.1) is 0 Å². The van der Waals surface area contributed by atoms with Crippen LogP contribution in [-0.2, 0) is 0 Å². The van der Waals surface area contributed by atoms with Gasteiger partial charge < -0.3 is 0 Å². The molecule has 0 unspecified atom stereocenters. The molecule has 4 rings (SSSR count). The van der Waals surface area contributed by atoms with Gasteiger partial charge in [-0.2, -0.15) is 0 Å². The van der Waals surface area contributed by atoms with Gasteiger partial charge in [-0.3, -0.25) is 9.59 Å². The van der Waals surface area contributed by atoms with E-state index in [1.165, 1.54) is 18.2 Å². The Labute approximate surface area is 136 Å². The summed E-state index contributed by atoms with van der Waals surface area (Å²) in [4.78, 5) is 26.0. The van der Waals surface area contributed by atoms with Gasteiger partial charge in [0.05, 0.1) is 5.69 Å². The Bertz CT molecular complexity index is 1140. The number of benzene rings is 3. The van der Waals surface area contributed by atoms with Gasteiger partial charge in [0.15, 0.2) is 0 Å². The molecule has 0 aliphatic carbocycles. The highest BCUT2D eigenvalue weighted by atomic mass is 19.1. The van der Waals surface area contributed by atoms with Gasteiger partial charge in [0.2, 0.25) is 0 Å². The lowest BCUT2D eigenvalue weighted by atomic mass is 10.1. The molecule has 1 aromatic heterocycles. The van der Waals surface area contributed by atoms with E-state index in [9.17, 15) is 14.0 Å². The minimum atomic E-state index is -0.501. The number of hydrogen-bond donors (Lipinski definition) is 0. The monoisotopic (exact) mass is 317 g/mol. The molecule has 0 saturated heterocycles. The number of hydrogen-bond acceptors (Lipinski definition) is 2. The van der Waals surface area contributed by atoms with Crippen LogP contribution < -0.4 is 11.1 Å². The molecule has 116 valence electrons.